The van der Waals surface area contributed by atoms with E-state index in [-0.39, 0.29) is 5.39 Å². The zero-order valence-corrected chi connectivity index (χ0v) is 12.7. The summed E-state index contributed by atoms with van der Waals surface area (Å²) in [5.74, 6) is 0. The van der Waals surface area contributed by atoms with Crippen LogP contribution in [0.25, 0.3) is 21.8 Å². The maximum Gasteiger partial charge on any atom is 0.417 e. The first-order chi connectivity index (χ1) is 10.1. The van der Waals surface area contributed by atoms with Gasteiger partial charge < -0.3 is 9.13 Å². The van der Waals surface area contributed by atoms with Crippen LogP contribution in [0.5, 0.6) is 0 Å². The highest BCUT2D eigenvalue weighted by Gasteiger charge is 2.34. The molecule has 6 heteroatoms. The molecule has 0 spiro atoms. The van der Waals surface area contributed by atoms with Gasteiger partial charge in [-0.3, -0.25) is 4.79 Å². The summed E-state index contributed by atoms with van der Waals surface area (Å²) in [5.41, 5.74) is 1.47. The van der Waals surface area contributed by atoms with Crippen molar-refractivity contribution in [1.82, 2.24) is 9.13 Å². The SMILES string of the molecule is Cc1c(C)n(C)c2cc3c(C(F)(F)F)cc(=O)n(C)c3cc12. The van der Waals surface area contributed by atoms with Crippen LogP contribution in [-0.2, 0) is 20.3 Å². The van der Waals surface area contributed by atoms with Gasteiger partial charge >= 0.3 is 6.18 Å². The van der Waals surface area contributed by atoms with E-state index in [0.717, 1.165) is 22.2 Å². The van der Waals surface area contributed by atoms with Crippen molar-refractivity contribution < 1.29 is 13.2 Å². The maximum atomic E-state index is 13.3. The first-order valence-electron chi connectivity index (χ1n) is 6.79. The number of benzene rings is 1. The molecule has 3 aromatic rings. The van der Waals surface area contributed by atoms with Crippen LogP contribution >= 0.6 is 0 Å². The molecule has 2 aromatic heterocycles. The highest BCUT2D eigenvalue weighted by atomic mass is 19.4. The van der Waals surface area contributed by atoms with Gasteiger partial charge in [-0.05, 0) is 31.5 Å². The molecule has 3 rings (SSSR count). The minimum atomic E-state index is -4.56. The summed E-state index contributed by atoms with van der Waals surface area (Å²) in [5, 5.41) is 0.907. The summed E-state index contributed by atoms with van der Waals surface area (Å²) in [7, 11) is 3.31. The second kappa shape index (κ2) is 4.38. The average molecular weight is 308 g/mol. The van der Waals surface area contributed by atoms with Crippen LogP contribution in [0.3, 0.4) is 0 Å². The van der Waals surface area contributed by atoms with E-state index in [0.29, 0.717) is 11.6 Å². The summed E-state index contributed by atoms with van der Waals surface area (Å²) in [6.07, 6.45) is -4.56. The summed E-state index contributed by atoms with van der Waals surface area (Å²) in [6, 6.07) is 3.85. The van der Waals surface area contributed by atoms with Crippen molar-refractivity contribution >= 4 is 21.8 Å². The Morgan fingerprint density at radius 2 is 1.45 bits per heavy atom. The number of fused-ring (bicyclic) bond motifs is 2. The van der Waals surface area contributed by atoms with E-state index in [1.165, 1.54) is 17.7 Å². The number of hydrogen-bond acceptors (Lipinski definition) is 1. The fourth-order valence-corrected chi connectivity index (χ4v) is 2.93. The van der Waals surface area contributed by atoms with Crippen molar-refractivity contribution in [1.29, 1.82) is 0 Å². The minimum absolute atomic E-state index is 0.0442. The lowest BCUT2D eigenvalue weighted by Crippen LogP contribution is -2.20. The van der Waals surface area contributed by atoms with E-state index in [1.807, 2.05) is 25.5 Å². The summed E-state index contributed by atoms with van der Waals surface area (Å²) in [4.78, 5) is 11.9. The lowest BCUT2D eigenvalue weighted by molar-refractivity contribution is -0.136. The average Bonchev–Trinajstić information content (AvgIpc) is 2.65. The molecule has 0 atom stereocenters. The van der Waals surface area contributed by atoms with Crippen LogP contribution in [-0.4, -0.2) is 9.13 Å². The molecule has 1 aromatic carbocycles. The van der Waals surface area contributed by atoms with Crippen LogP contribution in [0.2, 0.25) is 0 Å². The third kappa shape index (κ3) is 1.86. The number of alkyl halides is 3. The number of aromatic nitrogens is 2. The van der Waals surface area contributed by atoms with E-state index in [2.05, 4.69) is 0 Å². The van der Waals surface area contributed by atoms with Crippen molar-refractivity contribution in [2.24, 2.45) is 14.1 Å². The molecule has 0 aliphatic rings. The first kappa shape index (κ1) is 14.7. The molecule has 0 N–H and O–H groups in total. The first-order valence-corrected chi connectivity index (χ1v) is 6.79. The van der Waals surface area contributed by atoms with Gasteiger partial charge in [0.15, 0.2) is 0 Å². The maximum absolute atomic E-state index is 13.3. The molecule has 0 saturated heterocycles. The molecule has 0 aliphatic carbocycles. The second-order valence-corrected chi connectivity index (χ2v) is 5.61. The van der Waals surface area contributed by atoms with E-state index in [4.69, 9.17) is 0 Å². The standard InChI is InChI=1S/C16H15F3N2O/c1-8-9(2)20(3)13-6-11-12(16(17,18)19)7-15(22)21(4)14(11)5-10(8)13/h5-7H,1-4H3. The van der Waals surface area contributed by atoms with Crippen molar-refractivity contribution in [3.8, 4) is 0 Å². The van der Waals surface area contributed by atoms with Gasteiger partial charge in [-0.2, -0.15) is 13.2 Å². The van der Waals surface area contributed by atoms with Gasteiger partial charge in [-0.15, -0.1) is 0 Å². The summed E-state index contributed by atoms with van der Waals surface area (Å²) in [6.45, 7) is 3.85. The lowest BCUT2D eigenvalue weighted by Gasteiger charge is -2.13. The number of hydrogen-bond donors (Lipinski definition) is 0. The Labute approximate surface area is 124 Å². The lowest BCUT2D eigenvalue weighted by atomic mass is 10.0. The number of aryl methyl sites for hydroxylation is 3. The van der Waals surface area contributed by atoms with E-state index < -0.39 is 17.3 Å². The molecule has 22 heavy (non-hydrogen) atoms. The Bertz CT molecular complexity index is 977. The van der Waals surface area contributed by atoms with Crippen molar-refractivity contribution in [3.05, 3.63) is 45.4 Å². The van der Waals surface area contributed by atoms with E-state index in [1.54, 1.807) is 6.07 Å². The van der Waals surface area contributed by atoms with E-state index in [9.17, 15) is 18.0 Å². The van der Waals surface area contributed by atoms with Gasteiger partial charge in [0.05, 0.1) is 11.1 Å². The van der Waals surface area contributed by atoms with Gasteiger partial charge in [0.25, 0.3) is 5.56 Å². The Hall–Kier alpha value is -2.24. The predicted molar refractivity (Wildman–Crippen MR) is 80.1 cm³/mol. The highest BCUT2D eigenvalue weighted by Crippen LogP contribution is 2.36. The van der Waals surface area contributed by atoms with Crippen LogP contribution in [0.15, 0.2) is 23.0 Å². The molecular formula is C16H15F3N2O. The molecule has 0 fully saturated rings. The Morgan fingerprint density at radius 3 is 2.05 bits per heavy atom. The largest absolute Gasteiger partial charge is 0.417 e. The smallest absolute Gasteiger partial charge is 0.348 e. The van der Waals surface area contributed by atoms with Crippen LogP contribution < -0.4 is 5.56 Å². The van der Waals surface area contributed by atoms with Gasteiger partial charge in [0, 0.05) is 42.1 Å². The molecule has 116 valence electrons. The van der Waals surface area contributed by atoms with Crippen LogP contribution in [0, 0.1) is 13.8 Å². The molecule has 0 amide bonds. The molecule has 0 aliphatic heterocycles. The third-order valence-corrected chi connectivity index (χ3v) is 4.48. The summed E-state index contributed by atoms with van der Waals surface area (Å²) < 4.78 is 42.9. The fourth-order valence-electron chi connectivity index (χ4n) is 2.93. The van der Waals surface area contributed by atoms with Crippen molar-refractivity contribution in [2.45, 2.75) is 20.0 Å². The number of halogens is 3. The molecule has 3 nitrogen and oxygen atoms in total. The number of rotatable bonds is 0. The monoisotopic (exact) mass is 308 g/mol. The Balaban J connectivity index is 2.61. The Morgan fingerprint density at radius 1 is 0.909 bits per heavy atom. The van der Waals surface area contributed by atoms with Crippen LogP contribution in [0.4, 0.5) is 13.2 Å². The predicted octanol–water partition coefficient (Wildman–Crippen LogP) is 3.67. The quantitative estimate of drug-likeness (QED) is 0.622. The number of pyridine rings is 1. The zero-order valence-electron chi connectivity index (χ0n) is 12.7. The molecule has 0 unspecified atom stereocenters. The fraction of sp³-hybridized carbons (Fsp3) is 0.312. The molecule has 2 heterocycles. The number of nitrogens with zero attached hydrogens (tertiary/aromatic N) is 2. The zero-order chi connectivity index (χ0) is 16.4. The Kier molecular flexibility index (Phi) is 2.92. The van der Waals surface area contributed by atoms with Crippen LogP contribution in [0.1, 0.15) is 16.8 Å². The molecule has 0 bridgehead atoms. The molecule has 0 radical (unpaired) electrons. The van der Waals surface area contributed by atoms with Gasteiger partial charge in [0.2, 0.25) is 0 Å². The minimum Gasteiger partial charge on any atom is -0.348 e. The van der Waals surface area contributed by atoms with Crippen molar-refractivity contribution in [2.75, 3.05) is 0 Å². The van der Waals surface area contributed by atoms with Gasteiger partial charge in [-0.25, -0.2) is 0 Å². The molecule has 0 saturated carbocycles. The normalized spacial score (nSPS) is 12.5. The summed E-state index contributed by atoms with van der Waals surface area (Å²) >= 11 is 0. The highest BCUT2D eigenvalue weighted by molar-refractivity contribution is 5.99. The second-order valence-electron chi connectivity index (χ2n) is 5.61. The molecular weight excluding hydrogens is 293 g/mol. The van der Waals surface area contributed by atoms with Gasteiger partial charge in [-0.1, -0.05) is 0 Å². The van der Waals surface area contributed by atoms with Gasteiger partial charge in [0.1, 0.15) is 0 Å². The van der Waals surface area contributed by atoms with Crippen molar-refractivity contribution in [3.63, 3.8) is 0 Å². The third-order valence-electron chi connectivity index (χ3n) is 4.48. The topological polar surface area (TPSA) is 26.9 Å². The van der Waals surface area contributed by atoms with E-state index >= 15 is 0 Å².